The van der Waals surface area contributed by atoms with Gasteiger partial charge in [0, 0.05) is 7.05 Å². The van der Waals surface area contributed by atoms with Crippen molar-refractivity contribution in [1.82, 2.24) is 4.31 Å². The van der Waals surface area contributed by atoms with E-state index in [4.69, 9.17) is 5.73 Å². The molecular weight excluding hydrogens is 263 g/mol. The summed E-state index contributed by atoms with van der Waals surface area (Å²) in [7, 11) is -2.31. The molecule has 0 atom stereocenters. The lowest BCUT2D eigenvalue weighted by molar-refractivity contribution is 0.505. The SMILES string of the molecule is Cc1cc(F)ccc1S(=O)(=O)N(C)CC(N)=S. The smallest absolute Gasteiger partial charge is 0.243 e. The van der Waals surface area contributed by atoms with Crippen molar-refractivity contribution in [1.29, 1.82) is 0 Å². The number of halogens is 1. The van der Waals surface area contributed by atoms with Crippen LogP contribution in [0.1, 0.15) is 5.56 Å². The van der Waals surface area contributed by atoms with E-state index in [0.717, 1.165) is 10.4 Å². The zero-order chi connectivity index (χ0) is 13.2. The normalized spacial score (nSPS) is 11.8. The molecule has 0 aromatic heterocycles. The molecule has 0 saturated carbocycles. The van der Waals surface area contributed by atoms with Gasteiger partial charge in [0.2, 0.25) is 10.0 Å². The Kier molecular flexibility index (Phi) is 4.18. The van der Waals surface area contributed by atoms with E-state index >= 15 is 0 Å². The highest BCUT2D eigenvalue weighted by Crippen LogP contribution is 2.19. The fourth-order valence-corrected chi connectivity index (χ4v) is 3.00. The largest absolute Gasteiger partial charge is 0.392 e. The van der Waals surface area contributed by atoms with Crippen LogP contribution >= 0.6 is 12.2 Å². The minimum Gasteiger partial charge on any atom is -0.392 e. The molecule has 0 radical (unpaired) electrons. The first-order chi connectivity index (χ1) is 7.75. The van der Waals surface area contributed by atoms with Crippen LogP contribution in [0.3, 0.4) is 0 Å². The zero-order valence-corrected chi connectivity index (χ0v) is 11.1. The lowest BCUT2D eigenvalue weighted by Crippen LogP contribution is -2.34. The average Bonchev–Trinajstić information content (AvgIpc) is 2.15. The molecule has 1 rings (SSSR count). The molecule has 0 heterocycles. The van der Waals surface area contributed by atoms with Crippen LogP contribution in [-0.4, -0.2) is 31.3 Å². The number of sulfonamides is 1. The Morgan fingerprint density at radius 1 is 1.53 bits per heavy atom. The molecule has 0 saturated heterocycles. The van der Waals surface area contributed by atoms with E-state index in [0.29, 0.717) is 5.56 Å². The van der Waals surface area contributed by atoms with Gasteiger partial charge in [0.25, 0.3) is 0 Å². The summed E-state index contributed by atoms with van der Waals surface area (Å²) in [6.07, 6.45) is 0. The topological polar surface area (TPSA) is 63.4 Å². The average molecular weight is 276 g/mol. The van der Waals surface area contributed by atoms with Gasteiger partial charge in [0.05, 0.1) is 16.4 Å². The van der Waals surface area contributed by atoms with Crippen molar-refractivity contribution in [2.75, 3.05) is 13.6 Å². The summed E-state index contributed by atoms with van der Waals surface area (Å²) in [5, 5.41) is 0. The first kappa shape index (κ1) is 14.0. The highest BCUT2D eigenvalue weighted by Gasteiger charge is 2.23. The number of thiocarbonyl (C=S) groups is 1. The molecule has 0 spiro atoms. The minimum atomic E-state index is -3.68. The minimum absolute atomic E-state index is 0.0471. The molecule has 0 fully saturated rings. The standard InChI is InChI=1S/C10H13FN2O2S2/c1-7-5-8(11)3-4-9(7)17(14,15)13(2)6-10(12)16/h3-5H,6H2,1-2H3,(H2,12,16). The van der Waals surface area contributed by atoms with Gasteiger partial charge in [0.1, 0.15) is 5.82 Å². The Bertz CT molecular complexity index is 543. The number of rotatable bonds is 4. The van der Waals surface area contributed by atoms with Gasteiger partial charge in [-0.25, -0.2) is 12.8 Å². The summed E-state index contributed by atoms with van der Waals surface area (Å²) >= 11 is 4.66. The van der Waals surface area contributed by atoms with Crippen LogP contribution < -0.4 is 5.73 Å². The second kappa shape index (κ2) is 5.07. The fourth-order valence-electron chi connectivity index (χ4n) is 1.37. The third kappa shape index (κ3) is 3.21. The molecule has 94 valence electrons. The second-order valence-corrected chi connectivity index (χ2v) is 6.17. The number of hydrogen-bond donors (Lipinski definition) is 1. The molecule has 0 aliphatic carbocycles. The number of nitrogens with two attached hydrogens (primary N) is 1. The van der Waals surface area contributed by atoms with Gasteiger partial charge in [-0.15, -0.1) is 0 Å². The second-order valence-electron chi connectivity index (χ2n) is 3.64. The summed E-state index contributed by atoms with van der Waals surface area (Å²) in [4.78, 5) is 0.133. The van der Waals surface area contributed by atoms with Crippen molar-refractivity contribution in [3.63, 3.8) is 0 Å². The van der Waals surface area contributed by atoms with Crippen molar-refractivity contribution in [2.24, 2.45) is 5.73 Å². The number of hydrogen-bond acceptors (Lipinski definition) is 3. The van der Waals surface area contributed by atoms with Gasteiger partial charge in [-0.2, -0.15) is 4.31 Å². The molecule has 0 unspecified atom stereocenters. The molecule has 7 heteroatoms. The number of benzene rings is 1. The van der Waals surface area contributed by atoms with Crippen molar-refractivity contribution < 1.29 is 12.8 Å². The first-order valence-corrected chi connectivity index (χ1v) is 6.61. The summed E-state index contributed by atoms with van der Waals surface area (Å²) in [5.41, 5.74) is 5.64. The van der Waals surface area contributed by atoms with E-state index in [1.54, 1.807) is 0 Å². The maximum absolute atomic E-state index is 12.9. The lowest BCUT2D eigenvalue weighted by Gasteiger charge is -2.17. The van der Waals surface area contributed by atoms with Crippen molar-refractivity contribution in [2.45, 2.75) is 11.8 Å². The molecule has 0 aliphatic heterocycles. The van der Waals surface area contributed by atoms with Gasteiger partial charge in [-0.3, -0.25) is 0 Å². The van der Waals surface area contributed by atoms with Crippen molar-refractivity contribution in [3.05, 3.63) is 29.6 Å². The van der Waals surface area contributed by atoms with Crippen LogP contribution in [0.15, 0.2) is 23.1 Å². The number of aryl methyl sites for hydroxylation is 1. The Labute approximate surface area is 105 Å². The fraction of sp³-hybridized carbons (Fsp3) is 0.300. The van der Waals surface area contributed by atoms with E-state index in [1.165, 1.54) is 26.1 Å². The predicted octanol–water partition coefficient (Wildman–Crippen LogP) is 1.04. The maximum Gasteiger partial charge on any atom is 0.243 e. The van der Waals surface area contributed by atoms with Crippen LogP contribution in [0.4, 0.5) is 4.39 Å². The maximum atomic E-state index is 12.9. The Morgan fingerprint density at radius 2 is 2.12 bits per heavy atom. The van der Waals surface area contributed by atoms with Gasteiger partial charge >= 0.3 is 0 Å². The third-order valence-electron chi connectivity index (χ3n) is 2.20. The van der Waals surface area contributed by atoms with E-state index in [1.807, 2.05) is 0 Å². The zero-order valence-electron chi connectivity index (χ0n) is 9.47. The van der Waals surface area contributed by atoms with Crippen molar-refractivity contribution >= 4 is 27.2 Å². The monoisotopic (exact) mass is 276 g/mol. The summed E-state index contributed by atoms with van der Waals surface area (Å²) in [5.74, 6) is -0.474. The quantitative estimate of drug-likeness (QED) is 0.835. The van der Waals surface area contributed by atoms with Crippen molar-refractivity contribution in [3.8, 4) is 0 Å². The summed E-state index contributed by atoms with van der Waals surface area (Å²) in [6, 6.07) is 3.51. The first-order valence-electron chi connectivity index (χ1n) is 4.76. The molecule has 17 heavy (non-hydrogen) atoms. The molecule has 0 amide bonds. The predicted molar refractivity (Wildman–Crippen MR) is 67.7 cm³/mol. The molecule has 1 aromatic carbocycles. The van der Waals surface area contributed by atoms with Gasteiger partial charge in [0.15, 0.2) is 0 Å². The van der Waals surface area contributed by atoms with Crippen LogP contribution in [0.5, 0.6) is 0 Å². The Morgan fingerprint density at radius 3 is 2.59 bits per heavy atom. The molecule has 0 bridgehead atoms. The summed E-state index contributed by atoms with van der Waals surface area (Å²) < 4.78 is 38.1. The molecule has 1 aromatic rings. The van der Waals surface area contributed by atoms with Crippen LogP contribution in [0.25, 0.3) is 0 Å². The van der Waals surface area contributed by atoms with Gasteiger partial charge in [-0.05, 0) is 30.7 Å². The van der Waals surface area contributed by atoms with E-state index in [9.17, 15) is 12.8 Å². The van der Waals surface area contributed by atoms with E-state index in [-0.39, 0.29) is 16.4 Å². The third-order valence-corrected chi connectivity index (χ3v) is 4.30. The Hall–Kier alpha value is -1.05. The van der Waals surface area contributed by atoms with E-state index < -0.39 is 15.8 Å². The van der Waals surface area contributed by atoms with Crippen LogP contribution in [0, 0.1) is 12.7 Å². The molecule has 2 N–H and O–H groups in total. The highest BCUT2D eigenvalue weighted by atomic mass is 32.2. The number of nitrogens with zero attached hydrogens (tertiary/aromatic N) is 1. The summed E-state index contributed by atoms with van der Waals surface area (Å²) in [6.45, 7) is 1.49. The highest BCUT2D eigenvalue weighted by molar-refractivity contribution is 7.89. The van der Waals surface area contributed by atoms with Crippen LogP contribution in [0.2, 0.25) is 0 Å². The van der Waals surface area contributed by atoms with E-state index in [2.05, 4.69) is 12.2 Å². The Balaban J connectivity index is 3.17. The van der Waals surface area contributed by atoms with Crippen LogP contribution in [-0.2, 0) is 10.0 Å². The molecular formula is C10H13FN2O2S2. The molecule has 0 aliphatic rings. The van der Waals surface area contributed by atoms with Gasteiger partial charge < -0.3 is 5.73 Å². The number of likely N-dealkylation sites (N-methyl/N-ethyl adjacent to an activating group) is 1. The van der Waals surface area contributed by atoms with Gasteiger partial charge in [-0.1, -0.05) is 12.2 Å². The molecule has 4 nitrogen and oxygen atoms in total. The lowest BCUT2D eigenvalue weighted by atomic mass is 10.2.